The molecule has 2 amide bonds. The molecule has 53 heavy (non-hydrogen) atoms. The first-order valence-corrected chi connectivity index (χ1v) is 19.0. The molecule has 2 saturated heterocycles. The predicted octanol–water partition coefficient (Wildman–Crippen LogP) is 6.75. The molecule has 17 heteroatoms. The summed E-state index contributed by atoms with van der Waals surface area (Å²) in [6.45, 7) is 12.2. The normalized spacial score (nSPS) is 21.3. The van der Waals surface area contributed by atoms with E-state index in [-0.39, 0.29) is 51.7 Å². The zero-order chi connectivity index (χ0) is 38.5. The highest BCUT2D eigenvalue weighted by atomic mass is 32.2. The molecule has 0 spiro atoms. The number of carbonyl (C=O) groups excluding carboxylic acids is 2. The van der Waals surface area contributed by atoms with Gasteiger partial charge in [0.05, 0.1) is 18.1 Å². The lowest BCUT2D eigenvalue weighted by Gasteiger charge is -2.48. The minimum absolute atomic E-state index is 0.0305. The number of fused-ring (bicyclic) bond motifs is 6. The van der Waals surface area contributed by atoms with Crippen molar-refractivity contribution < 1.29 is 45.4 Å². The van der Waals surface area contributed by atoms with E-state index in [2.05, 4.69) is 20.3 Å². The van der Waals surface area contributed by atoms with Crippen LogP contribution in [0.4, 0.5) is 34.3 Å². The molecule has 4 aromatic rings. The Hall–Kier alpha value is -4.93. The smallest absolute Gasteiger partial charge is 0.412 e. The van der Waals surface area contributed by atoms with E-state index in [0.717, 1.165) is 12.3 Å². The van der Waals surface area contributed by atoms with Crippen LogP contribution in [0.1, 0.15) is 61.3 Å². The summed E-state index contributed by atoms with van der Waals surface area (Å²) in [5, 5.41) is 1.56. The topological polar surface area (TPSA) is 153 Å². The number of nitrogens with zero attached hydrogens (tertiary/aromatic N) is 5. The van der Waals surface area contributed by atoms with Crippen LogP contribution < -0.4 is 15.0 Å². The Balaban J connectivity index is 1.45. The van der Waals surface area contributed by atoms with Crippen molar-refractivity contribution in [2.75, 3.05) is 23.0 Å². The van der Waals surface area contributed by atoms with Gasteiger partial charge in [-0.05, 0) is 84.9 Å². The van der Waals surface area contributed by atoms with Gasteiger partial charge in [-0.1, -0.05) is 6.07 Å². The van der Waals surface area contributed by atoms with Gasteiger partial charge in [0.2, 0.25) is 20.9 Å². The fourth-order valence-electron chi connectivity index (χ4n) is 7.44. The van der Waals surface area contributed by atoms with E-state index >= 15 is 8.78 Å². The summed E-state index contributed by atoms with van der Waals surface area (Å²) >= 11 is 0. The first-order valence-electron chi connectivity index (χ1n) is 17.1. The minimum Gasteiger partial charge on any atom is -0.472 e. The van der Waals surface area contributed by atoms with Crippen LogP contribution in [0.2, 0.25) is 0 Å². The minimum atomic E-state index is -4.14. The van der Waals surface area contributed by atoms with Crippen LogP contribution >= 0.6 is 0 Å². The average Bonchev–Trinajstić information content (AvgIpc) is 3.27. The van der Waals surface area contributed by atoms with E-state index in [4.69, 9.17) is 14.2 Å². The van der Waals surface area contributed by atoms with Gasteiger partial charge in [0, 0.05) is 29.4 Å². The van der Waals surface area contributed by atoms with Crippen LogP contribution in [0.15, 0.2) is 29.4 Å². The summed E-state index contributed by atoms with van der Waals surface area (Å²) in [5.74, 6) is -3.84. The van der Waals surface area contributed by atoms with Crippen molar-refractivity contribution in [1.29, 1.82) is 0 Å². The second-order valence-corrected chi connectivity index (χ2v) is 17.6. The largest absolute Gasteiger partial charge is 0.472 e. The molecule has 4 atom stereocenters. The number of carbonyl (C=O) groups is 2. The number of aromatic nitrogens is 3. The van der Waals surface area contributed by atoms with E-state index in [1.807, 2.05) is 4.90 Å². The van der Waals surface area contributed by atoms with Crippen molar-refractivity contribution in [1.82, 2.24) is 19.9 Å². The summed E-state index contributed by atoms with van der Waals surface area (Å²) in [6.07, 6.45) is -0.0309. The molecular weight excluding hydrogens is 717 g/mol. The lowest BCUT2D eigenvalue weighted by molar-refractivity contribution is 0.000927. The third-order valence-electron chi connectivity index (χ3n) is 9.31. The van der Waals surface area contributed by atoms with Crippen molar-refractivity contribution in [2.24, 2.45) is 0 Å². The first-order chi connectivity index (χ1) is 24.6. The number of piperazine rings is 1. The van der Waals surface area contributed by atoms with E-state index < -0.39 is 85.2 Å². The summed E-state index contributed by atoms with van der Waals surface area (Å²) in [5.41, 5.74) is -2.90. The second-order valence-electron chi connectivity index (χ2n) is 15.7. The Morgan fingerprint density at radius 2 is 1.64 bits per heavy atom. The quantitative estimate of drug-likeness (QED) is 0.221. The fourth-order valence-corrected chi connectivity index (χ4v) is 7.95. The Morgan fingerprint density at radius 1 is 0.943 bits per heavy atom. The van der Waals surface area contributed by atoms with E-state index in [0.29, 0.717) is 12.8 Å². The number of ether oxygens (including phenoxy) is 3. The molecule has 1 unspecified atom stereocenters. The molecule has 7 rings (SSSR count). The first kappa shape index (κ1) is 36.4. The maximum absolute atomic E-state index is 17.1. The lowest BCUT2D eigenvalue weighted by atomic mass is 9.98. The van der Waals surface area contributed by atoms with Gasteiger partial charge in [0.25, 0.3) is 0 Å². The van der Waals surface area contributed by atoms with Crippen LogP contribution in [0.25, 0.3) is 32.9 Å². The number of hydrogen-bond donors (Lipinski definition) is 1. The molecule has 3 aliphatic rings. The van der Waals surface area contributed by atoms with Crippen molar-refractivity contribution in [3.63, 3.8) is 0 Å². The van der Waals surface area contributed by atoms with E-state index in [1.54, 1.807) is 53.4 Å². The summed E-state index contributed by atoms with van der Waals surface area (Å²) in [6, 6.07) is 3.32. The monoisotopic (exact) mass is 756 g/mol. The molecule has 2 bridgehead atoms. The number of anilines is 2. The highest BCUT2D eigenvalue weighted by molar-refractivity contribution is 7.90. The highest BCUT2D eigenvalue weighted by Crippen LogP contribution is 2.47. The maximum Gasteiger partial charge on any atom is 0.412 e. The Morgan fingerprint density at radius 3 is 2.30 bits per heavy atom. The van der Waals surface area contributed by atoms with Crippen molar-refractivity contribution in [3.05, 3.63) is 41.7 Å². The van der Waals surface area contributed by atoms with Crippen LogP contribution in [-0.2, 0) is 19.3 Å². The van der Waals surface area contributed by atoms with Crippen molar-refractivity contribution >= 4 is 55.2 Å². The van der Waals surface area contributed by atoms with Gasteiger partial charge in [-0.25, -0.2) is 46.1 Å². The number of rotatable bonds is 3. The van der Waals surface area contributed by atoms with Gasteiger partial charge < -0.3 is 19.1 Å². The zero-order valence-electron chi connectivity index (χ0n) is 30.4. The number of hydrogen-bond acceptors (Lipinski definition) is 11. The predicted molar refractivity (Wildman–Crippen MR) is 189 cm³/mol. The van der Waals surface area contributed by atoms with Gasteiger partial charge in [0.1, 0.15) is 39.7 Å². The van der Waals surface area contributed by atoms with Crippen molar-refractivity contribution in [2.45, 2.75) is 102 Å². The molecule has 1 N–H and O–H groups in total. The summed E-state index contributed by atoms with van der Waals surface area (Å²) < 4.78 is 91.2. The van der Waals surface area contributed by atoms with Crippen LogP contribution in [0.5, 0.6) is 5.88 Å². The maximum atomic E-state index is 17.1. The number of halogens is 3. The van der Waals surface area contributed by atoms with Gasteiger partial charge in [0.15, 0.2) is 17.5 Å². The lowest BCUT2D eigenvalue weighted by Crippen LogP contribution is -2.65. The summed E-state index contributed by atoms with van der Waals surface area (Å²) in [7, 11) is -4.14. The van der Waals surface area contributed by atoms with Gasteiger partial charge in [-0.3, -0.25) is 10.2 Å². The summed E-state index contributed by atoms with van der Waals surface area (Å²) in [4.78, 5) is 42.9. The number of amides is 2. The van der Waals surface area contributed by atoms with Crippen molar-refractivity contribution in [3.8, 4) is 17.1 Å². The fraction of sp³-hybridized carbons (Fsp3) is 0.472. The highest BCUT2D eigenvalue weighted by Gasteiger charge is 2.54. The average molecular weight is 757 g/mol. The molecule has 13 nitrogen and oxygen atoms in total. The van der Waals surface area contributed by atoms with Gasteiger partial charge >= 0.3 is 12.2 Å². The van der Waals surface area contributed by atoms with E-state index in [1.165, 1.54) is 18.2 Å². The molecule has 2 fully saturated rings. The van der Waals surface area contributed by atoms with E-state index in [9.17, 15) is 22.4 Å². The number of nitrogens with one attached hydrogen (secondary N) is 1. The van der Waals surface area contributed by atoms with Crippen LogP contribution in [0, 0.1) is 17.5 Å². The van der Waals surface area contributed by atoms with Crippen LogP contribution in [-0.4, -0.2) is 88.7 Å². The Bertz CT molecular complexity index is 2330. The molecule has 2 aromatic heterocycles. The molecule has 282 valence electrons. The molecule has 0 radical (unpaired) electrons. The molecular formula is C36H39F3N6O7S. The molecule has 5 heterocycles. The third kappa shape index (κ3) is 6.52. The molecule has 0 saturated carbocycles. The third-order valence-corrected chi connectivity index (χ3v) is 10.2. The van der Waals surface area contributed by atoms with Crippen LogP contribution in [0.3, 0.4) is 0 Å². The molecule has 3 aliphatic heterocycles. The number of sulfone groups is 1. The standard InChI is InChI=1S/C36H39F3N6O7S/c1-16-29-22-12-10-19(45(22)34(47)52-36(5,6)7)15-44(29)30-24-28(42-32(43-30)53(8,48)49)26(39)27(41-31(24)50-16)20-14-18(40-33(46)51-35(2,3)4)13-17-9-11-21(37)25(38)23(17)20/h9,11,13-14,16,19,22,29H,10,12,15H2,1-8H3,(H,40,46)/t16-,19+,22-,29?/m0/s1. The number of pyridine rings is 1. The SMILES string of the molecule is C[C@@H]1Oc2nc(-c3cc(NC(=O)OC(C)(C)C)cc4ccc(F)c(F)c34)c(F)c3nc(S(C)(=O)=O)nc(c23)N2C[C@H]3CC[C@@H](C12)N3C(=O)OC(C)(C)C. The molecule has 0 aliphatic carbocycles. The number of benzene rings is 2. The molecule has 2 aromatic carbocycles. The Labute approximate surface area is 303 Å². The van der Waals surface area contributed by atoms with Gasteiger partial charge in [-0.2, -0.15) is 0 Å². The zero-order valence-corrected chi connectivity index (χ0v) is 31.2. The Kier molecular flexibility index (Phi) is 8.46. The van der Waals surface area contributed by atoms with Gasteiger partial charge in [-0.15, -0.1) is 0 Å². The second kappa shape index (κ2) is 12.3.